The maximum atomic E-state index is 12.2. The summed E-state index contributed by atoms with van der Waals surface area (Å²) in [6.45, 7) is 7.62. The molecule has 0 aromatic heterocycles. The highest BCUT2D eigenvalue weighted by molar-refractivity contribution is 5.89. The van der Waals surface area contributed by atoms with Gasteiger partial charge in [0.1, 0.15) is 12.2 Å². The number of carbonyl (C=O) groups is 1. The third kappa shape index (κ3) is 6.14. The Hall–Kier alpha value is -1.73. The second kappa shape index (κ2) is 10.2. The van der Waals surface area contributed by atoms with Crippen LogP contribution < -0.4 is 0 Å². The minimum atomic E-state index is -0.675. The summed E-state index contributed by atoms with van der Waals surface area (Å²) in [5.74, 6) is -1.02. The Balaban J connectivity index is 1.98. The van der Waals surface area contributed by atoms with Gasteiger partial charge in [-0.2, -0.15) is 0 Å². The SMILES string of the molecule is CO[C@H](/C=C\C(C)[C@H]1OC(C)(C)O[C@H]1CCO)[C@H](C)OC(=O)c1ccccc1. The Morgan fingerprint density at radius 2 is 1.89 bits per heavy atom. The highest BCUT2D eigenvalue weighted by atomic mass is 16.8. The fourth-order valence-electron chi connectivity index (χ4n) is 3.36. The van der Waals surface area contributed by atoms with Crippen LogP contribution in [0.3, 0.4) is 0 Å². The number of methoxy groups -OCH3 is 1. The molecule has 0 spiro atoms. The van der Waals surface area contributed by atoms with Crippen LogP contribution >= 0.6 is 0 Å². The zero-order chi connectivity index (χ0) is 20.7. The molecule has 5 atom stereocenters. The zero-order valence-corrected chi connectivity index (χ0v) is 17.3. The summed E-state index contributed by atoms with van der Waals surface area (Å²) in [7, 11) is 1.58. The van der Waals surface area contributed by atoms with Crippen LogP contribution in [0.1, 0.15) is 44.5 Å². The maximum Gasteiger partial charge on any atom is 0.338 e. The van der Waals surface area contributed by atoms with Crippen molar-refractivity contribution >= 4 is 5.97 Å². The summed E-state index contributed by atoms with van der Waals surface area (Å²) < 4.78 is 22.9. The van der Waals surface area contributed by atoms with Gasteiger partial charge in [-0.3, -0.25) is 0 Å². The lowest BCUT2D eigenvalue weighted by molar-refractivity contribution is -0.149. The Morgan fingerprint density at radius 1 is 1.21 bits per heavy atom. The molecule has 2 rings (SSSR count). The predicted molar refractivity (Wildman–Crippen MR) is 106 cm³/mol. The van der Waals surface area contributed by atoms with Gasteiger partial charge in [-0.25, -0.2) is 4.79 Å². The van der Waals surface area contributed by atoms with E-state index in [1.54, 1.807) is 38.3 Å². The minimum Gasteiger partial charge on any atom is -0.456 e. The van der Waals surface area contributed by atoms with Gasteiger partial charge in [-0.1, -0.05) is 37.3 Å². The summed E-state index contributed by atoms with van der Waals surface area (Å²) >= 11 is 0. The van der Waals surface area contributed by atoms with Gasteiger partial charge in [0, 0.05) is 19.6 Å². The predicted octanol–water partition coefficient (Wildman–Crippen LogP) is 3.34. The molecule has 28 heavy (non-hydrogen) atoms. The largest absolute Gasteiger partial charge is 0.456 e. The molecule has 0 amide bonds. The number of hydrogen-bond donors (Lipinski definition) is 1. The summed E-state index contributed by atoms with van der Waals surface area (Å²) in [6, 6.07) is 8.88. The van der Waals surface area contributed by atoms with Crippen molar-refractivity contribution in [3.05, 3.63) is 48.0 Å². The van der Waals surface area contributed by atoms with E-state index in [1.807, 2.05) is 39.0 Å². The Morgan fingerprint density at radius 3 is 2.50 bits per heavy atom. The molecular weight excluding hydrogens is 360 g/mol. The van der Waals surface area contributed by atoms with E-state index >= 15 is 0 Å². The van der Waals surface area contributed by atoms with Crippen molar-refractivity contribution in [2.45, 2.75) is 64.3 Å². The van der Waals surface area contributed by atoms with Gasteiger partial charge in [0.15, 0.2) is 5.79 Å². The van der Waals surface area contributed by atoms with Crippen LogP contribution in [0.25, 0.3) is 0 Å². The fraction of sp³-hybridized carbons (Fsp3) is 0.591. The molecule has 1 aliphatic heterocycles. The number of benzene rings is 1. The molecule has 0 saturated carbocycles. The first-order valence-electron chi connectivity index (χ1n) is 9.71. The first kappa shape index (κ1) is 22.6. The van der Waals surface area contributed by atoms with E-state index < -0.39 is 11.9 Å². The van der Waals surface area contributed by atoms with Crippen LogP contribution in [-0.2, 0) is 18.9 Å². The lowest BCUT2D eigenvalue weighted by Gasteiger charge is -2.23. The minimum absolute atomic E-state index is 0.0352. The van der Waals surface area contributed by atoms with E-state index in [0.717, 1.165) is 0 Å². The molecule has 1 saturated heterocycles. The standard InChI is InChI=1S/C22H32O6/c1-15(20-19(13-14-23)27-22(3,4)28-20)11-12-18(25-5)16(2)26-21(24)17-9-7-6-8-10-17/h6-12,15-16,18-20,23H,13-14H2,1-5H3/b12-11-/t15?,16-,18+,19-,20+/m0/s1. The third-order valence-corrected chi connectivity index (χ3v) is 4.79. The van der Waals surface area contributed by atoms with E-state index in [2.05, 4.69) is 0 Å². The molecule has 0 radical (unpaired) electrons. The molecule has 1 fully saturated rings. The van der Waals surface area contributed by atoms with Gasteiger partial charge in [0.05, 0.1) is 17.8 Å². The summed E-state index contributed by atoms with van der Waals surface area (Å²) in [6.07, 6.45) is 3.21. The van der Waals surface area contributed by atoms with Crippen LogP contribution in [0, 0.1) is 5.92 Å². The van der Waals surface area contributed by atoms with Crippen LogP contribution in [-0.4, -0.2) is 55.0 Å². The van der Waals surface area contributed by atoms with Gasteiger partial charge in [0.2, 0.25) is 0 Å². The molecule has 1 N–H and O–H groups in total. The van der Waals surface area contributed by atoms with Crippen LogP contribution in [0.4, 0.5) is 0 Å². The molecule has 6 nitrogen and oxygen atoms in total. The van der Waals surface area contributed by atoms with Gasteiger partial charge in [-0.05, 0) is 39.3 Å². The van der Waals surface area contributed by atoms with Crippen molar-refractivity contribution in [1.29, 1.82) is 0 Å². The highest BCUT2D eigenvalue weighted by Crippen LogP contribution is 2.34. The average molecular weight is 392 g/mol. The molecule has 1 aromatic rings. The monoisotopic (exact) mass is 392 g/mol. The number of carbonyl (C=O) groups excluding carboxylic acids is 1. The van der Waals surface area contributed by atoms with Gasteiger partial charge in [-0.15, -0.1) is 0 Å². The molecule has 6 heteroatoms. The van der Waals surface area contributed by atoms with E-state index in [4.69, 9.17) is 18.9 Å². The second-order valence-electron chi connectivity index (χ2n) is 7.57. The average Bonchev–Trinajstić information content (AvgIpc) is 2.97. The fourth-order valence-corrected chi connectivity index (χ4v) is 3.36. The maximum absolute atomic E-state index is 12.2. The number of esters is 1. The van der Waals surface area contributed by atoms with E-state index in [1.165, 1.54) is 0 Å². The lowest BCUT2D eigenvalue weighted by atomic mass is 9.96. The number of aliphatic hydroxyl groups is 1. The van der Waals surface area contributed by atoms with Crippen LogP contribution in [0.2, 0.25) is 0 Å². The molecule has 0 bridgehead atoms. The normalized spacial score (nSPS) is 24.8. The van der Waals surface area contributed by atoms with Gasteiger partial charge >= 0.3 is 5.97 Å². The number of ether oxygens (including phenoxy) is 4. The highest BCUT2D eigenvalue weighted by Gasteiger charge is 2.42. The quantitative estimate of drug-likeness (QED) is 0.513. The Labute approximate surface area is 167 Å². The van der Waals surface area contributed by atoms with Crippen molar-refractivity contribution in [1.82, 2.24) is 0 Å². The second-order valence-corrected chi connectivity index (χ2v) is 7.57. The molecule has 156 valence electrons. The molecule has 1 heterocycles. The van der Waals surface area contributed by atoms with Gasteiger partial charge < -0.3 is 24.1 Å². The van der Waals surface area contributed by atoms with E-state index in [-0.39, 0.29) is 36.8 Å². The zero-order valence-electron chi connectivity index (χ0n) is 17.3. The van der Waals surface area contributed by atoms with Crippen LogP contribution in [0.15, 0.2) is 42.5 Å². The summed E-state index contributed by atoms with van der Waals surface area (Å²) in [4.78, 5) is 12.2. The third-order valence-electron chi connectivity index (χ3n) is 4.79. The van der Waals surface area contributed by atoms with E-state index in [0.29, 0.717) is 12.0 Å². The van der Waals surface area contributed by atoms with Crippen LogP contribution in [0.5, 0.6) is 0 Å². The Kier molecular flexibility index (Phi) is 8.19. The molecule has 1 unspecified atom stereocenters. The number of aliphatic hydroxyl groups excluding tert-OH is 1. The van der Waals surface area contributed by atoms with Gasteiger partial charge in [0.25, 0.3) is 0 Å². The number of rotatable bonds is 9. The van der Waals surface area contributed by atoms with Crippen molar-refractivity contribution in [2.75, 3.05) is 13.7 Å². The first-order chi connectivity index (χ1) is 13.3. The Bertz CT molecular complexity index is 642. The molecule has 0 aliphatic carbocycles. The lowest BCUT2D eigenvalue weighted by Crippen LogP contribution is -2.31. The smallest absolute Gasteiger partial charge is 0.338 e. The number of hydrogen-bond acceptors (Lipinski definition) is 6. The van der Waals surface area contributed by atoms with Crippen molar-refractivity contribution in [2.24, 2.45) is 5.92 Å². The molecule has 1 aromatic carbocycles. The summed E-state index contributed by atoms with van der Waals surface area (Å²) in [5.41, 5.74) is 0.507. The molecular formula is C22H32O6. The molecule has 1 aliphatic rings. The first-order valence-corrected chi connectivity index (χ1v) is 9.71. The van der Waals surface area contributed by atoms with Crippen molar-refractivity contribution in [3.63, 3.8) is 0 Å². The summed E-state index contributed by atoms with van der Waals surface area (Å²) in [5, 5.41) is 9.28. The topological polar surface area (TPSA) is 74.2 Å². The van der Waals surface area contributed by atoms with Crippen molar-refractivity contribution in [3.8, 4) is 0 Å². The van der Waals surface area contributed by atoms with E-state index in [9.17, 15) is 9.90 Å². The van der Waals surface area contributed by atoms with Crippen molar-refractivity contribution < 1.29 is 28.8 Å².